The molecule has 1 amide bonds. The maximum atomic E-state index is 12.4. The summed E-state index contributed by atoms with van der Waals surface area (Å²) in [6, 6.07) is -0.867. The van der Waals surface area contributed by atoms with Gasteiger partial charge in [-0.25, -0.2) is 4.79 Å². The van der Waals surface area contributed by atoms with Crippen molar-refractivity contribution < 1.29 is 24.2 Å². The van der Waals surface area contributed by atoms with Crippen LogP contribution in [0.5, 0.6) is 0 Å². The van der Waals surface area contributed by atoms with Crippen LogP contribution in [0.3, 0.4) is 0 Å². The third-order valence-corrected chi connectivity index (χ3v) is 8.90. The van der Waals surface area contributed by atoms with E-state index in [1.54, 1.807) is 0 Å². The van der Waals surface area contributed by atoms with E-state index in [-0.39, 0.29) is 18.0 Å². The number of hydrogen-bond donors (Lipinski definition) is 3. The number of carboxylic acids is 1. The molecule has 45 heavy (non-hydrogen) atoms. The highest BCUT2D eigenvalue weighted by atomic mass is 16.5. The topological polar surface area (TPSA) is 119 Å². The Hall–Kier alpha value is -1.63. The number of nitrogens with two attached hydrogens (primary N) is 1. The smallest absolute Gasteiger partial charge is 0.326 e. The van der Waals surface area contributed by atoms with Crippen molar-refractivity contribution >= 4 is 17.8 Å². The Bertz CT molecular complexity index is 687. The van der Waals surface area contributed by atoms with E-state index in [4.69, 9.17) is 10.5 Å². The second-order valence-corrected chi connectivity index (χ2v) is 13.4. The van der Waals surface area contributed by atoms with Gasteiger partial charge in [0.05, 0.1) is 0 Å². The highest BCUT2D eigenvalue weighted by Gasteiger charge is 2.19. The predicted molar refractivity (Wildman–Crippen MR) is 188 cm³/mol. The molecule has 4 N–H and O–H groups in total. The van der Waals surface area contributed by atoms with Crippen molar-refractivity contribution in [2.24, 2.45) is 5.73 Å². The SMILES string of the molecule is CCCCCCCCCCCCCCCCCCCCCCC(=O)OC(CCC)CCCCCC(=O)NC(CCCN)C(=O)O. The van der Waals surface area contributed by atoms with Crippen molar-refractivity contribution in [1.82, 2.24) is 5.32 Å². The molecule has 0 aliphatic rings. The van der Waals surface area contributed by atoms with Crippen LogP contribution >= 0.6 is 0 Å². The molecule has 0 rings (SSSR count). The maximum absolute atomic E-state index is 12.4. The Morgan fingerprint density at radius 3 is 1.44 bits per heavy atom. The zero-order valence-electron chi connectivity index (χ0n) is 29.7. The number of amides is 1. The van der Waals surface area contributed by atoms with Gasteiger partial charge in [-0.2, -0.15) is 0 Å². The molecule has 0 saturated carbocycles. The fourth-order valence-corrected chi connectivity index (χ4v) is 6.03. The van der Waals surface area contributed by atoms with Crippen LogP contribution in [0.2, 0.25) is 0 Å². The second kappa shape index (κ2) is 33.7. The molecule has 0 fully saturated rings. The van der Waals surface area contributed by atoms with E-state index in [2.05, 4.69) is 19.2 Å². The minimum Gasteiger partial charge on any atom is -0.480 e. The summed E-state index contributed by atoms with van der Waals surface area (Å²) in [5.41, 5.74) is 5.45. The molecule has 266 valence electrons. The van der Waals surface area contributed by atoms with Crippen LogP contribution in [-0.2, 0) is 19.1 Å². The number of nitrogens with one attached hydrogen (secondary N) is 1. The van der Waals surface area contributed by atoms with E-state index in [1.807, 2.05) is 0 Å². The molecule has 7 heteroatoms. The summed E-state index contributed by atoms with van der Waals surface area (Å²) in [7, 11) is 0. The number of esters is 1. The number of aliphatic carboxylic acids is 1. The molecule has 0 bridgehead atoms. The summed E-state index contributed by atoms with van der Waals surface area (Å²) >= 11 is 0. The van der Waals surface area contributed by atoms with Crippen LogP contribution in [0.15, 0.2) is 0 Å². The van der Waals surface area contributed by atoms with Gasteiger partial charge in [0.25, 0.3) is 0 Å². The second-order valence-electron chi connectivity index (χ2n) is 13.4. The Kier molecular flexibility index (Phi) is 32.5. The summed E-state index contributed by atoms with van der Waals surface area (Å²) in [6.07, 6.45) is 33.7. The lowest BCUT2D eigenvalue weighted by Gasteiger charge is -2.17. The normalized spacial score (nSPS) is 12.6. The minimum absolute atomic E-state index is 0.0471. The lowest BCUT2D eigenvalue weighted by Crippen LogP contribution is -2.40. The molecule has 0 aromatic carbocycles. The van der Waals surface area contributed by atoms with Crippen molar-refractivity contribution in [1.29, 1.82) is 0 Å². The number of ether oxygens (including phenoxy) is 1. The number of unbranched alkanes of at least 4 members (excludes halogenated alkanes) is 21. The monoisotopic (exact) mass is 639 g/mol. The summed E-state index contributed by atoms with van der Waals surface area (Å²) < 4.78 is 5.78. The third-order valence-electron chi connectivity index (χ3n) is 8.90. The van der Waals surface area contributed by atoms with Crippen LogP contribution in [0.4, 0.5) is 0 Å². The number of hydrogen-bond acceptors (Lipinski definition) is 5. The van der Waals surface area contributed by atoms with Gasteiger partial charge in [0.2, 0.25) is 5.91 Å². The van der Waals surface area contributed by atoms with Gasteiger partial charge in [0, 0.05) is 12.8 Å². The zero-order chi connectivity index (χ0) is 33.2. The lowest BCUT2D eigenvalue weighted by molar-refractivity contribution is -0.150. The summed E-state index contributed by atoms with van der Waals surface area (Å²) in [4.78, 5) is 35.8. The molecule has 0 heterocycles. The average molecular weight is 639 g/mol. The summed E-state index contributed by atoms with van der Waals surface area (Å²) in [5.74, 6) is -1.32. The quantitative estimate of drug-likeness (QED) is 0.0469. The first-order valence-electron chi connectivity index (χ1n) is 19.4. The van der Waals surface area contributed by atoms with Crippen LogP contribution < -0.4 is 11.1 Å². The summed E-state index contributed by atoms with van der Waals surface area (Å²) in [5, 5.41) is 11.8. The van der Waals surface area contributed by atoms with Crippen LogP contribution in [-0.4, -0.2) is 41.6 Å². The van der Waals surface area contributed by atoms with Gasteiger partial charge in [0.15, 0.2) is 0 Å². The zero-order valence-corrected chi connectivity index (χ0v) is 29.7. The van der Waals surface area contributed by atoms with E-state index in [0.29, 0.717) is 38.6 Å². The van der Waals surface area contributed by atoms with Crippen LogP contribution in [0, 0.1) is 0 Å². The molecule has 7 nitrogen and oxygen atoms in total. The van der Waals surface area contributed by atoms with Crippen molar-refractivity contribution in [3.05, 3.63) is 0 Å². The van der Waals surface area contributed by atoms with Crippen LogP contribution in [0.1, 0.15) is 206 Å². The molecule has 0 aromatic rings. The molecule has 0 aromatic heterocycles. The fraction of sp³-hybridized carbons (Fsp3) is 0.921. The first-order chi connectivity index (χ1) is 21.9. The molecular weight excluding hydrogens is 564 g/mol. The molecular formula is C38H74N2O5. The highest BCUT2D eigenvalue weighted by Crippen LogP contribution is 2.17. The first kappa shape index (κ1) is 43.4. The van der Waals surface area contributed by atoms with Crippen molar-refractivity contribution in [2.75, 3.05) is 6.54 Å². The molecule has 0 aliphatic carbocycles. The van der Waals surface area contributed by atoms with Gasteiger partial charge in [-0.3, -0.25) is 9.59 Å². The summed E-state index contributed by atoms with van der Waals surface area (Å²) in [6.45, 7) is 4.79. The van der Waals surface area contributed by atoms with Crippen molar-refractivity contribution in [2.45, 2.75) is 219 Å². The van der Waals surface area contributed by atoms with Gasteiger partial charge < -0.3 is 20.9 Å². The number of carboxylic acid groups (broad SMARTS) is 1. The largest absolute Gasteiger partial charge is 0.480 e. The van der Waals surface area contributed by atoms with Gasteiger partial charge in [-0.15, -0.1) is 0 Å². The molecule has 0 radical (unpaired) electrons. The predicted octanol–water partition coefficient (Wildman–Crippen LogP) is 10.2. The number of carbonyl (C=O) groups is 3. The number of carbonyl (C=O) groups excluding carboxylic acids is 2. The van der Waals surface area contributed by atoms with Crippen molar-refractivity contribution in [3.8, 4) is 0 Å². The average Bonchev–Trinajstić information content (AvgIpc) is 3.01. The Balaban J connectivity index is 3.66. The lowest BCUT2D eigenvalue weighted by atomic mass is 10.0. The molecule has 0 spiro atoms. The van der Waals surface area contributed by atoms with Crippen molar-refractivity contribution in [3.63, 3.8) is 0 Å². The minimum atomic E-state index is -1.02. The Morgan fingerprint density at radius 2 is 1.00 bits per heavy atom. The van der Waals surface area contributed by atoms with E-state index < -0.39 is 12.0 Å². The third kappa shape index (κ3) is 30.8. The fourth-order valence-electron chi connectivity index (χ4n) is 6.03. The van der Waals surface area contributed by atoms with E-state index in [9.17, 15) is 19.5 Å². The van der Waals surface area contributed by atoms with Gasteiger partial charge in [-0.05, 0) is 51.5 Å². The molecule has 0 saturated heterocycles. The molecule has 0 aliphatic heterocycles. The van der Waals surface area contributed by atoms with E-state index in [0.717, 1.165) is 44.9 Å². The Labute approximate surface area is 278 Å². The van der Waals surface area contributed by atoms with Gasteiger partial charge in [-0.1, -0.05) is 149 Å². The van der Waals surface area contributed by atoms with Crippen LogP contribution in [0.25, 0.3) is 0 Å². The van der Waals surface area contributed by atoms with Gasteiger partial charge >= 0.3 is 11.9 Å². The standard InChI is InChI=1S/C38H74N2O5/c1-3-5-6-7-8-9-10-11-12-13-14-15-16-17-18-19-20-21-22-26-32-37(42)45-34(28-4-2)29-24-23-25-31-36(41)40-35(38(43)44)30-27-33-39/h34-35H,3-33,39H2,1-2H3,(H,40,41)(H,43,44). The Morgan fingerprint density at radius 1 is 0.556 bits per heavy atom. The van der Waals surface area contributed by atoms with E-state index >= 15 is 0 Å². The van der Waals surface area contributed by atoms with Gasteiger partial charge in [0.1, 0.15) is 12.1 Å². The van der Waals surface area contributed by atoms with E-state index in [1.165, 1.54) is 116 Å². The number of rotatable bonds is 35. The molecule has 2 atom stereocenters. The first-order valence-corrected chi connectivity index (χ1v) is 19.4. The maximum Gasteiger partial charge on any atom is 0.326 e. The highest BCUT2D eigenvalue weighted by molar-refractivity contribution is 5.83. The molecule has 2 unspecified atom stereocenters.